The lowest BCUT2D eigenvalue weighted by Crippen LogP contribution is -2.35. The molecule has 1 aliphatic rings. The first-order chi connectivity index (χ1) is 8.77. The van der Waals surface area contributed by atoms with Gasteiger partial charge in [0.1, 0.15) is 0 Å². The molecule has 1 heterocycles. The van der Waals surface area contributed by atoms with E-state index in [1.165, 1.54) is 44.2 Å². The molecule has 1 aromatic heterocycles. The van der Waals surface area contributed by atoms with E-state index in [-0.39, 0.29) is 0 Å². The molecule has 1 aromatic rings. The highest BCUT2D eigenvalue weighted by atomic mass is 15.3. The molecule has 0 aromatic carbocycles. The number of aryl methyl sites for hydroxylation is 1. The van der Waals surface area contributed by atoms with Crippen molar-refractivity contribution < 1.29 is 0 Å². The highest BCUT2D eigenvalue weighted by Crippen LogP contribution is 2.25. The van der Waals surface area contributed by atoms with E-state index in [2.05, 4.69) is 23.4 Å². The fraction of sp³-hybridized carbons (Fsp3) is 0.800. The Morgan fingerprint density at radius 3 is 2.67 bits per heavy atom. The van der Waals surface area contributed by atoms with Gasteiger partial charge in [0, 0.05) is 37.9 Å². The Morgan fingerprint density at radius 1 is 1.33 bits per heavy atom. The molecular formula is C15H27N3. The van der Waals surface area contributed by atoms with Crippen LogP contribution in [0.15, 0.2) is 12.3 Å². The van der Waals surface area contributed by atoms with Crippen molar-refractivity contribution in [3.05, 3.63) is 18.0 Å². The number of nitrogens with one attached hydrogen (secondary N) is 1. The summed E-state index contributed by atoms with van der Waals surface area (Å²) in [5.41, 5.74) is 1.32. The molecular weight excluding hydrogens is 222 g/mol. The van der Waals surface area contributed by atoms with Crippen molar-refractivity contribution in [3.63, 3.8) is 0 Å². The largest absolute Gasteiger partial charge is 0.314 e. The molecule has 0 unspecified atom stereocenters. The summed E-state index contributed by atoms with van der Waals surface area (Å²) in [4.78, 5) is 0. The van der Waals surface area contributed by atoms with Gasteiger partial charge in [-0.3, -0.25) is 4.68 Å². The average molecular weight is 249 g/mol. The number of hydrogen-bond donors (Lipinski definition) is 1. The Bertz CT molecular complexity index is 337. The van der Waals surface area contributed by atoms with E-state index in [1.54, 1.807) is 0 Å². The molecule has 3 heteroatoms. The lowest BCUT2D eigenvalue weighted by Gasteiger charge is -2.23. The number of nitrogens with zero attached hydrogens (tertiary/aromatic N) is 2. The smallest absolute Gasteiger partial charge is 0.0492 e. The molecule has 1 N–H and O–H groups in total. The van der Waals surface area contributed by atoms with Crippen LogP contribution in [-0.4, -0.2) is 22.4 Å². The fourth-order valence-electron chi connectivity index (χ4n) is 3.05. The van der Waals surface area contributed by atoms with E-state index in [0.717, 1.165) is 18.9 Å². The molecule has 0 amide bonds. The lowest BCUT2D eigenvalue weighted by atomic mass is 9.93. The summed E-state index contributed by atoms with van der Waals surface area (Å²) in [7, 11) is 2.02. The summed E-state index contributed by atoms with van der Waals surface area (Å²) in [6.07, 6.45) is 11.5. The minimum absolute atomic E-state index is 0.663. The van der Waals surface area contributed by atoms with Gasteiger partial charge in [-0.15, -0.1) is 0 Å². The number of hydrogen-bond acceptors (Lipinski definition) is 2. The molecule has 18 heavy (non-hydrogen) atoms. The molecule has 102 valence electrons. The SMILES string of the molecule is C[C@@H](NCCc1ccnn1C)C1CCCCCC1. The summed E-state index contributed by atoms with van der Waals surface area (Å²) in [6.45, 7) is 3.43. The van der Waals surface area contributed by atoms with Gasteiger partial charge in [0.15, 0.2) is 0 Å². The fourth-order valence-corrected chi connectivity index (χ4v) is 3.05. The van der Waals surface area contributed by atoms with Gasteiger partial charge < -0.3 is 5.32 Å². The van der Waals surface area contributed by atoms with Crippen LogP contribution in [0.4, 0.5) is 0 Å². The van der Waals surface area contributed by atoms with Crippen LogP contribution in [0.3, 0.4) is 0 Å². The summed E-state index contributed by atoms with van der Waals surface area (Å²) < 4.78 is 1.97. The van der Waals surface area contributed by atoms with Gasteiger partial charge in [-0.1, -0.05) is 25.7 Å². The highest BCUT2D eigenvalue weighted by molar-refractivity contribution is 5.00. The Kier molecular flexibility index (Phi) is 5.24. The Balaban J connectivity index is 1.70. The van der Waals surface area contributed by atoms with Crippen LogP contribution in [0.5, 0.6) is 0 Å². The molecule has 0 spiro atoms. The normalized spacial score (nSPS) is 19.7. The number of rotatable bonds is 5. The molecule has 1 aliphatic carbocycles. The van der Waals surface area contributed by atoms with Crippen molar-refractivity contribution in [3.8, 4) is 0 Å². The van der Waals surface area contributed by atoms with E-state index in [0.29, 0.717) is 6.04 Å². The molecule has 0 saturated heterocycles. The minimum Gasteiger partial charge on any atom is -0.314 e. The first kappa shape index (κ1) is 13.6. The van der Waals surface area contributed by atoms with Gasteiger partial charge in [-0.2, -0.15) is 5.10 Å². The Morgan fingerprint density at radius 2 is 2.06 bits per heavy atom. The quantitative estimate of drug-likeness (QED) is 0.813. The van der Waals surface area contributed by atoms with Crippen LogP contribution in [0.1, 0.15) is 51.1 Å². The van der Waals surface area contributed by atoms with Gasteiger partial charge in [-0.25, -0.2) is 0 Å². The minimum atomic E-state index is 0.663. The van der Waals surface area contributed by atoms with Crippen molar-refractivity contribution in [2.75, 3.05) is 6.54 Å². The van der Waals surface area contributed by atoms with Crippen molar-refractivity contribution in [1.82, 2.24) is 15.1 Å². The maximum atomic E-state index is 4.21. The second kappa shape index (κ2) is 6.93. The molecule has 0 aliphatic heterocycles. The summed E-state index contributed by atoms with van der Waals surface area (Å²) >= 11 is 0. The Labute approximate surface area is 111 Å². The van der Waals surface area contributed by atoms with Crippen molar-refractivity contribution in [2.24, 2.45) is 13.0 Å². The van der Waals surface area contributed by atoms with Gasteiger partial charge in [0.2, 0.25) is 0 Å². The van der Waals surface area contributed by atoms with Gasteiger partial charge in [-0.05, 0) is 31.7 Å². The zero-order valence-corrected chi connectivity index (χ0v) is 11.9. The van der Waals surface area contributed by atoms with Crippen molar-refractivity contribution >= 4 is 0 Å². The summed E-state index contributed by atoms with van der Waals surface area (Å²) in [5, 5.41) is 7.91. The molecule has 1 atom stereocenters. The molecule has 0 bridgehead atoms. The predicted molar refractivity (Wildman–Crippen MR) is 75.6 cm³/mol. The maximum Gasteiger partial charge on any atom is 0.0492 e. The van der Waals surface area contributed by atoms with E-state index in [4.69, 9.17) is 0 Å². The van der Waals surface area contributed by atoms with Gasteiger partial charge in [0.05, 0.1) is 0 Å². The highest BCUT2D eigenvalue weighted by Gasteiger charge is 2.18. The maximum absolute atomic E-state index is 4.21. The lowest BCUT2D eigenvalue weighted by molar-refractivity contribution is 0.339. The molecule has 1 saturated carbocycles. The van der Waals surface area contributed by atoms with E-state index < -0.39 is 0 Å². The van der Waals surface area contributed by atoms with E-state index in [1.807, 2.05) is 17.9 Å². The first-order valence-electron chi connectivity index (χ1n) is 7.47. The summed E-state index contributed by atoms with van der Waals surface area (Å²) in [5.74, 6) is 0.888. The topological polar surface area (TPSA) is 29.9 Å². The van der Waals surface area contributed by atoms with Crippen LogP contribution >= 0.6 is 0 Å². The first-order valence-corrected chi connectivity index (χ1v) is 7.47. The van der Waals surface area contributed by atoms with Crippen LogP contribution in [0, 0.1) is 5.92 Å². The number of aromatic nitrogens is 2. The molecule has 2 rings (SSSR count). The second-order valence-corrected chi connectivity index (χ2v) is 5.69. The van der Waals surface area contributed by atoms with E-state index >= 15 is 0 Å². The second-order valence-electron chi connectivity index (χ2n) is 5.69. The van der Waals surface area contributed by atoms with Crippen molar-refractivity contribution in [1.29, 1.82) is 0 Å². The van der Waals surface area contributed by atoms with Crippen molar-refractivity contribution in [2.45, 2.75) is 57.9 Å². The van der Waals surface area contributed by atoms with Gasteiger partial charge >= 0.3 is 0 Å². The average Bonchev–Trinajstić information content (AvgIpc) is 2.64. The third kappa shape index (κ3) is 3.84. The Hall–Kier alpha value is -0.830. The molecule has 3 nitrogen and oxygen atoms in total. The zero-order chi connectivity index (χ0) is 12.8. The monoisotopic (exact) mass is 249 g/mol. The summed E-state index contributed by atoms with van der Waals surface area (Å²) in [6, 6.07) is 2.77. The third-order valence-electron chi connectivity index (χ3n) is 4.38. The standard InChI is InChI=1S/C15H27N3/c1-13(14-7-5-3-4-6-8-14)16-11-9-15-10-12-17-18(15)2/h10,12-14,16H,3-9,11H2,1-2H3/t13-/m1/s1. The predicted octanol–water partition coefficient (Wildman–Crippen LogP) is 2.91. The van der Waals surface area contributed by atoms with Gasteiger partial charge in [0.25, 0.3) is 0 Å². The zero-order valence-electron chi connectivity index (χ0n) is 11.9. The van der Waals surface area contributed by atoms with Crippen LogP contribution in [0.25, 0.3) is 0 Å². The third-order valence-corrected chi connectivity index (χ3v) is 4.38. The van der Waals surface area contributed by atoms with Crippen LogP contribution < -0.4 is 5.32 Å². The van der Waals surface area contributed by atoms with E-state index in [9.17, 15) is 0 Å². The molecule has 0 radical (unpaired) electrons. The van der Waals surface area contributed by atoms with Crippen LogP contribution in [-0.2, 0) is 13.5 Å². The van der Waals surface area contributed by atoms with Crippen LogP contribution in [0.2, 0.25) is 0 Å². The molecule has 1 fully saturated rings.